The maximum absolute atomic E-state index is 12.5. The maximum atomic E-state index is 12.5. The van der Waals surface area contributed by atoms with Gasteiger partial charge in [0, 0.05) is 35.7 Å². The zero-order chi connectivity index (χ0) is 27.4. The molecule has 1 aliphatic carbocycles. The number of aromatic nitrogens is 3. The molecule has 1 saturated carbocycles. The van der Waals surface area contributed by atoms with Gasteiger partial charge in [-0.3, -0.25) is 0 Å². The highest BCUT2D eigenvalue weighted by Gasteiger charge is 2.25. The Morgan fingerprint density at radius 3 is 2.41 bits per heavy atom. The summed E-state index contributed by atoms with van der Waals surface area (Å²) in [4.78, 5) is 28.8. The zero-order valence-corrected chi connectivity index (χ0v) is 23.1. The van der Waals surface area contributed by atoms with E-state index in [1.165, 1.54) is 12.7 Å². The highest BCUT2D eigenvalue weighted by molar-refractivity contribution is 7.90. The minimum absolute atomic E-state index is 0.0428. The van der Waals surface area contributed by atoms with Crippen LogP contribution in [0.25, 0.3) is 22.8 Å². The van der Waals surface area contributed by atoms with Crippen molar-refractivity contribution in [1.29, 1.82) is 0 Å². The van der Waals surface area contributed by atoms with Gasteiger partial charge in [0.1, 0.15) is 0 Å². The van der Waals surface area contributed by atoms with Crippen LogP contribution in [0.15, 0.2) is 53.4 Å². The highest BCUT2D eigenvalue weighted by atomic mass is 32.2. The van der Waals surface area contributed by atoms with Crippen molar-refractivity contribution in [2.45, 2.75) is 56.0 Å². The van der Waals surface area contributed by atoms with Crippen LogP contribution in [-0.4, -0.2) is 67.5 Å². The van der Waals surface area contributed by atoms with Crippen LogP contribution in [-0.2, 0) is 14.6 Å². The number of ether oxygens (including phenoxy) is 1. The van der Waals surface area contributed by atoms with Gasteiger partial charge in [-0.05, 0) is 56.2 Å². The lowest BCUT2D eigenvalue weighted by Crippen LogP contribution is -2.44. The Balaban J connectivity index is 1.46. The number of amides is 2. The van der Waals surface area contributed by atoms with Gasteiger partial charge in [-0.1, -0.05) is 31.4 Å². The Morgan fingerprint density at radius 1 is 0.974 bits per heavy atom. The summed E-state index contributed by atoms with van der Waals surface area (Å²) in [7, 11) is -3.52. The first-order valence-electron chi connectivity index (χ1n) is 13.4. The summed E-state index contributed by atoms with van der Waals surface area (Å²) in [5.74, 6) is 1.15. The van der Waals surface area contributed by atoms with Crippen LogP contribution in [0.1, 0.15) is 39.0 Å². The fourth-order valence-corrected chi connectivity index (χ4v) is 5.93. The second-order valence-corrected chi connectivity index (χ2v) is 12.2. The lowest BCUT2D eigenvalue weighted by atomic mass is 9.96. The smallest absolute Gasteiger partial charge is 0.319 e. The Kier molecular flexibility index (Phi) is 8.08. The van der Waals surface area contributed by atoms with Crippen LogP contribution >= 0.6 is 0 Å². The monoisotopic (exact) mass is 550 g/mol. The number of nitrogens with zero attached hydrogens (tertiary/aromatic N) is 4. The number of hydrogen-bond donors (Lipinski definition) is 2. The molecule has 2 heterocycles. The van der Waals surface area contributed by atoms with Gasteiger partial charge < -0.3 is 20.3 Å². The number of carbonyl (C=O) groups is 1. The summed E-state index contributed by atoms with van der Waals surface area (Å²) in [6.45, 7) is 3.73. The molecule has 206 valence electrons. The summed E-state index contributed by atoms with van der Waals surface area (Å²) in [6.07, 6.45) is 6.73. The van der Waals surface area contributed by atoms with E-state index in [0.717, 1.165) is 31.2 Å². The van der Waals surface area contributed by atoms with Crippen molar-refractivity contribution in [2.24, 2.45) is 0 Å². The molecule has 2 N–H and O–H groups in total. The molecule has 1 aromatic heterocycles. The van der Waals surface area contributed by atoms with Gasteiger partial charge in [0.05, 0.1) is 24.2 Å². The molecule has 1 unspecified atom stereocenters. The fraction of sp³-hybridized carbons (Fsp3) is 0.429. The SMILES string of the molecule is CC1COCCN1c1nc(-c2ccc(NC(=O)NC3CCCCC3)cc2)nc(-c2ccccc2S(C)(=O)=O)n1. The Hall–Kier alpha value is -3.57. The minimum Gasteiger partial charge on any atom is -0.377 e. The van der Waals surface area contributed by atoms with E-state index in [2.05, 4.69) is 10.6 Å². The van der Waals surface area contributed by atoms with Crippen molar-refractivity contribution in [3.05, 3.63) is 48.5 Å². The number of hydrogen-bond acceptors (Lipinski definition) is 8. The van der Waals surface area contributed by atoms with Crippen LogP contribution in [0.4, 0.5) is 16.4 Å². The lowest BCUT2D eigenvalue weighted by Gasteiger charge is -2.33. The van der Waals surface area contributed by atoms with E-state index >= 15 is 0 Å². The predicted octanol–water partition coefficient (Wildman–Crippen LogP) is 4.29. The molecular weight excluding hydrogens is 516 g/mol. The van der Waals surface area contributed by atoms with E-state index in [9.17, 15) is 13.2 Å². The van der Waals surface area contributed by atoms with Crippen molar-refractivity contribution in [3.63, 3.8) is 0 Å². The van der Waals surface area contributed by atoms with E-state index in [1.54, 1.807) is 36.4 Å². The van der Waals surface area contributed by atoms with Crippen LogP contribution < -0.4 is 15.5 Å². The predicted molar refractivity (Wildman–Crippen MR) is 150 cm³/mol. The van der Waals surface area contributed by atoms with Gasteiger partial charge in [0.15, 0.2) is 21.5 Å². The van der Waals surface area contributed by atoms with E-state index in [0.29, 0.717) is 42.8 Å². The third-order valence-corrected chi connectivity index (χ3v) is 8.27. The number of carbonyl (C=O) groups excluding carboxylic acids is 1. The molecule has 5 rings (SSSR count). The standard InChI is InChI=1S/C28H34N6O4S/c1-19-18-38-17-16-34(19)27-32-25(31-26(33-27)23-10-6-7-11-24(23)39(2,36)37)20-12-14-22(15-13-20)30-28(35)29-21-8-4-3-5-9-21/h6-7,10-15,19,21H,3-5,8-9,16-18H2,1-2H3,(H2,29,30,35). The molecule has 0 bridgehead atoms. The molecule has 1 saturated heterocycles. The Morgan fingerprint density at radius 2 is 1.69 bits per heavy atom. The van der Waals surface area contributed by atoms with Gasteiger partial charge in [-0.25, -0.2) is 18.2 Å². The molecule has 2 aliphatic rings. The van der Waals surface area contributed by atoms with Crippen molar-refractivity contribution < 1.29 is 17.9 Å². The number of nitrogens with one attached hydrogen (secondary N) is 2. The number of anilines is 2. The number of rotatable bonds is 6. The normalized spacial score (nSPS) is 18.5. The average Bonchev–Trinajstić information content (AvgIpc) is 2.93. The number of morpholine rings is 1. The van der Waals surface area contributed by atoms with Gasteiger partial charge >= 0.3 is 6.03 Å². The molecule has 10 nitrogen and oxygen atoms in total. The van der Waals surface area contributed by atoms with Gasteiger partial charge in [0.2, 0.25) is 5.95 Å². The summed E-state index contributed by atoms with van der Waals surface area (Å²) in [5, 5.41) is 5.96. The largest absolute Gasteiger partial charge is 0.377 e. The van der Waals surface area contributed by atoms with Crippen molar-refractivity contribution in [3.8, 4) is 22.8 Å². The first-order valence-corrected chi connectivity index (χ1v) is 15.2. The fourth-order valence-electron chi connectivity index (χ4n) is 5.04. The number of urea groups is 1. The molecule has 1 atom stereocenters. The van der Waals surface area contributed by atoms with Crippen molar-refractivity contribution in [2.75, 3.05) is 36.2 Å². The van der Waals surface area contributed by atoms with Crippen molar-refractivity contribution in [1.82, 2.24) is 20.3 Å². The molecule has 2 fully saturated rings. The van der Waals surface area contributed by atoms with E-state index in [4.69, 9.17) is 19.7 Å². The van der Waals surface area contributed by atoms with E-state index < -0.39 is 9.84 Å². The molecule has 2 amide bonds. The lowest BCUT2D eigenvalue weighted by molar-refractivity contribution is 0.0981. The molecule has 11 heteroatoms. The summed E-state index contributed by atoms with van der Waals surface area (Å²) < 4.78 is 30.7. The van der Waals surface area contributed by atoms with E-state index in [1.807, 2.05) is 24.0 Å². The number of benzene rings is 2. The molecular formula is C28H34N6O4S. The van der Waals surface area contributed by atoms with Gasteiger partial charge in [-0.15, -0.1) is 0 Å². The zero-order valence-electron chi connectivity index (χ0n) is 22.3. The average molecular weight is 551 g/mol. The van der Waals surface area contributed by atoms with Crippen LogP contribution in [0.5, 0.6) is 0 Å². The molecule has 0 spiro atoms. The molecule has 3 aromatic rings. The molecule has 2 aromatic carbocycles. The quantitative estimate of drug-likeness (QED) is 0.466. The Bertz CT molecular complexity index is 1420. The van der Waals surface area contributed by atoms with Crippen LogP contribution in [0.3, 0.4) is 0 Å². The first-order chi connectivity index (χ1) is 18.8. The highest BCUT2D eigenvalue weighted by Crippen LogP contribution is 2.29. The molecule has 39 heavy (non-hydrogen) atoms. The second-order valence-electron chi connectivity index (χ2n) is 10.2. The third-order valence-electron chi connectivity index (χ3n) is 7.12. The van der Waals surface area contributed by atoms with Gasteiger partial charge in [-0.2, -0.15) is 9.97 Å². The topological polar surface area (TPSA) is 126 Å². The van der Waals surface area contributed by atoms with Crippen LogP contribution in [0, 0.1) is 0 Å². The summed E-state index contributed by atoms with van der Waals surface area (Å²) in [5.41, 5.74) is 1.80. The summed E-state index contributed by atoms with van der Waals surface area (Å²) in [6, 6.07) is 14.1. The molecule has 0 radical (unpaired) electrons. The van der Waals surface area contributed by atoms with Crippen LogP contribution in [0.2, 0.25) is 0 Å². The first kappa shape index (κ1) is 27.0. The second kappa shape index (κ2) is 11.7. The molecule has 1 aliphatic heterocycles. The minimum atomic E-state index is -3.52. The van der Waals surface area contributed by atoms with Crippen molar-refractivity contribution >= 4 is 27.5 Å². The van der Waals surface area contributed by atoms with Gasteiger partial charge in [0.25, 0.3) is 0 Å². The number of sulfone groups is 1. The third kappa shape index (κ3) is 6.54. The Labute approximate surface area is 229 Å². The summed E-state index contributed by atoms with van der Waals surface area (Å²) >= 11 is 0. The maximum Gasteiger partial charge on any atom is 0.319 e. The van der Waals surface area contributed by atoms with E-state index in [-0.39, 0.29) is 28.8 Å².